The number of nitrogens with one attached hydrogen (secondary N) is 1. The number of ether oxygens (including phenoxy) is 1. The Hall–Kier alpha value is -3.76. The molecule has 8 rings (SSSR count). The summed E-state index contributed by atoms with van der Waals surface area (Å²) in [5.74, 6) is -0.585. The van der Waals surface area contributed by atoms with Gasteiger partial charge in [-0.1, -0.05) is 24.3 Å². The number of imidazole rings is 1. The number of halogens is 1. The van der Waals surface area contributed by atoms with E-state index in [4.69, 9.17) is 4.74 Å². The summed E-state index contributed by atoms with van der Waals surface area (Å²) in [5, 5.41) is 15.3. The van der Waals surface area contributed by atoms with Crippen LogP contribution in [0.2, 0.25) is 0 Å². The van der Waals surface area contributed by atoms with E-state index in [1.54, 1.807) is 31.1 Å². The molecule has 1 fully saturated rings. The van der Waals surface area contributed by atoms with Crippen molar-refractivity contribution in [1.29, 1.82) is 0 Å². The van der Waals surface area contributed by atoms with Crippen molar-refractivity contribution in [3.63, 3.8) is 0 Å². The summed E-state index contributed by atoms with van der Waals surface area (Å²) in [6, 6.07) is 7.83. The van der Waals surface area contributed by atoms with Crippen LogP contribution < -0.4 is 5.69 Å². The van der Waals surface area contributed by atoms with Gasteiger partial charge in [0.25, 0.3) is 0 Å². The molecule has 2 aliphatic heterocycles. The molecular weight excluding hydrogens is 475 g/mol. The number of fused-ring (bicyclic) bond motifs is 5. The van der Waals surface area contributed by atoms with Crippen molar-refractivity contribution in [3.05, 3.63) is 58.7 Å². The van der Waals surface area contributed by atoms with E-state index in [-0.39, 0.29) is 24.4 Å². The molecule has 190 valence electrons. The SMILES string of the molecule is Cn1cc(-c2[nH]c3ncc4c5c3c2-c2ccc(cc2)CC(O)CO[C@H]2CCC(C2)n5c(=O)n4C)c(F)n1. The van der Waals surface area contributed by atoms with Gasteiger partial charge in [-0.2, -0.15) is 4.39 Å². The summed E-state index contributed by atoms with van der Waals surface area (Å²) in [7, 11) is 3.44. The van der Waals surface area contributed by atoms with Crippen molar-refractivity contribution in [2.24, 2.45) is 14.1 Å². The summed E-state index contributed by atoms with van der Waals surface area (Å²) in [4.78, 5) is 21.6. The molecule has 0 amide bonds. The van der Waals surface area contributed by atoms with Crippen LogP contribution in [0.1, 0.15) is 30.9 Å². The number of rotatable bonds is 1. The lowest BCUT2D eigenvalue weighted by Crippen LogP contribution is -2.26. The van der Waals surface area contributed by atoms with Crippen molar-refractivity contribution >= 4 is 22.1 Å². The maximum atomic E-state index is 15.0. The molecule has 1 aliphatic carbocycles. The number of benzene rings is 1. The predicted octanol–water partition coefficient (Wildman–Crippen LogP) is 3.45. The minimum atomic E-state index is -0.624. The van der Waals surface area contributed by atoms with Crippen molar-refractivity contribution in [3.8, 4) is 22.4 Å². The maximum absolute atomic E-state index is 15.0. The molecule has 37 heavy (non-hydrogen) atoms. The zero-order valence-electron chi connectivity index (χ0n) is 20.6. The van der Waals surface area contributed by atoms with Crippen molar-refractivity contribution in [2.45, 2.75) is 43.9 Å². The van der Waals surface area contributed by atoms with Crippen LogP contribution in [0.15, 0.2) is 41.5 Å². The topological polar surface area (TPSA) is 103 Å². The van der Waals surface area contributed by atoms with E-state index in [0.29, 0.717) is 29.7 Å². The van der Waals surface area contributed by atoms with Gasteiger partial charge in [0.05, 0.1) is 52.7 Å². The van der Waals surface area contributed by atoms with Gasteiger partial charge in [-0.05, 0) is 30.4 Å². The second-order valence-electron chi connectivity index (χ2n) is 10.3. The molecule has 1 saturated carbocycles. The van der Waals surface area contributed by atoms with E-state index in [2.05, 4.69) is 15.1 Å². The number of H-pyrrole nitrogens is 1. The Kier molecular flexibility index (Phi) is 4.93. The second kappa shape index (κ2) is 8.12. The van der Waals surface area contributed by atoms with E-state index in [1.807, 2.05) is 28.8 Å². The van der Waals surface area contributed by atoms with E-state index in [1.165, 1.54) is 4.68 Å². The molecule has 0 spiro atoms. The van der Waals surface area contributed by atoms with Gasteiger partial charge >= 0.3 is 5.69 Å². The first-order valence-electron chi connectivity index (χ1n) is 12.6. The highest BCUT2D eigenvalue weighted by atomic mass is 19.1. The number of nitrogens with zero attached hydrogens (tertiary/aromatic N) is 5. The molecule has 4 bridgehead atoms. The quantitative estimate of drug-likeness (QED) is 0.366. The first-order valence-corrected chi connectivity index (χ1v) is 12.6. The van der Waals surface area contributed by atoms with E-state index in [9.17, 15) is 9.90 Å². The van der Waals surface area contributed by atoms with Crippen LogP contribution in [0.4, 0.5) is 4.39 Å². The average molecular weight is 503 g/mol. The van der Waals surface area contributed by atoms with Gasteiger partial charge in [0, 0.05) is 38.3 Å². The molecule has 4 aromatic heterocycles. The third-order valence-corrected chi connectivity index (χ3v) is 7.88. The summed E-state index contributed by atoms with van der Waals surface area (Å²) in [5.41, 5.74) is 5.47. The zero-order valence-corrected chi connectivity index (χ0v) is 20.6. The number of pyridine rings is 1. The monoisotopic (exact) mass is 502 g/mol. The third kappa shape index (κ3) is 3.39. The van der Waals surface area contributed by atoms with Gasteiger partial charge in [-0.25, -0.2) is 9.78 Å². The zero-order chi connectivity index (χ0) is 25.4. The number of hydrogen-bond donors (Lipinski definition) is 2. The van der Waals surface area contributed by atoms with Crippen molar-refractivity contribution in [1.82, 2.24) is 28.9 Å². The van der Waals surface area contributed by atoms with Gasteiger partial charge in [0.15, 0.2) is 0 Å². The molecule has 3 aliphatic rings. The minimum absolute atomic E-state index is 0.0307. The Morgan fingerprint density at radius 1 is 1.19 bits per heavy atom. The van der Waals surface area contributed by atoms with Crippen LogP contribution in [-0.2, 0) is 25.3 Å². The third-order valence-electron chi connectivity index (χ3n) is 7.88. The van der Waals surface area contributed by atoms with Crippen molar-refractivity contribution < 1.29 is 14.2 Å². The number of hydrogen-bond acceptors (Lipinski definition) is 5. The molecule has 10 heteroatoms. The number of aryl methyl sites for hydroxylation is 2. The first-order chi connectivity index (χ1) is 17.9. The molecule has 0 saturated heterocycles. The Morgan fingerprint density at radius 2 is 2.00 bits per heavy atom. The fourth-order valence-corrected chi connectivity index (χ4v) is 6.13. The Bertz CT molecular complexity index is 1730. The predicted molar refractivity (Wildman–Crippen MR) is 137 cm³/mol. The largest absolute Gasteiger partial charge is 0.390 e. The first kappa shape index (κ1) is 22.4. The fraction of sp³-hybridized carbons (Fsp3) is 0.370. The van der Waals surface area contributed by atoms with Crippen LogP contribution in [0.3, 0.4) is 0 Å². The Balaban J connectivity index is 1.61. The number of aromatic amines is 1. The van der Waals surface area contributed by atoms with E-state index in [0.717, 1.165) is 46.0 Å². The lowest BCUT2D eigenvalue weighted by molar-refractivity contribution is -0.00700. The lowest BCUT2D eigenvalue weighted by Gasteiger charge is -2.17. The van der Waals surface area contributed by atoms with Gasteiger partial charge in [0.1, 0.15) is 5.65 Å². The molecular formula is C27H27FN6O3. The van der Waals surface area contributed by atoms with Crippen LogP contribution in [0.5, 0.6) is 0 Å². The van der Waals surface area contributed by atoms with Crippen molar-refractivity contribution in [2.75, 3.05) is 6.61 Å². The molecule has 9 nitrogen and oxygen atoms in total. The van der Waals surface area contributed by atoms with Gasteiger partial charge < -0.3 is 14.8 Å². The summed E-state index contributed by atoms with van der Waals surface area (Å²) in [6.07, 6.45) is 5.46. The van der Waals surface area contributed by atoms with Crippen LogP contribution in [0.25, 0.3) is 44.5 Å². The van der Waals surface area contributed by atoms with Crippen LogP contribution in [0, 0.1) is 5.95 Å². The fourth-order valence-electron chi connectivity index (χ4n) is 6.13. The number of aliphatic hydroxyl groups is 1. The van der Waals surface area contributed by atoms with E-state index < -0.39 is 12.1 Å². The highest BCUT2D eigenvalue weighted by molar-refractivity contribution is 6.14. The molecule has 1 aromatic carbocycles. The highest BCUT2D eigenvalue weighted by Crippen LogP contribution is 2.43. The average Bonchev–Trinajstić information content (AvgIpc) is 3.62. The normalized spacial score (nSPS) is 21.8. The summed E-state index contributed by atoms with van der Waals surface area (Å²) >= 11 is 0. The van der Waals surface area contributed by atoms with Gasteiger partial charge in [-0.3, -0.25) is 13.8 Å². The molecule has 3 atom stereocenters. The molecule has 2 unspecified atom stereocenters. The summed E-state index contributed by atoms with van der Waals surface area (Å²) in [6.45, 7) is 0.252. The Labute approximate surface area is 211 Å². The molecule has 0 radical (unpaired) electrons. The molecule has 2 N–H and O–H groups in total. The number of aliphatic hydroxyl groups excluding tert-OH is 1. The minimum Gasteiger partial charge on any atom is -0.390 e. The highest BCUT2D eigenvalue weighted by Gasteiger charge is 2.32. The van der Waals surface area contributed by atoms with E-state index >= 15 is 4.39 Å². The smallest absolute Gasteiger partial charge is 0.329 e. The lowest BCUT2D eigenvalue weighted by atomic mass is 9.97. The van der Waals surface area contributed by atoms with Gasteiger partial charge in [-0.15, -0.1) is 5.10 Å². The van der Waals surface area contributed by atoms with Gasteiger partial charge in [0.2, 0.25) is 5.95 Å². The van der Waals surface area contributed by atoms with Crippen LogP contribution in [-0.4, -0.2) is 52.8 Å². The number of aromatic nitrogens is 6. The second-order valence-corrected chi connectivity index (χ2v) is 10.3. The van der Waals surface area contributed by atoms with Crippen LogP contribution >= 0.6 is 0 Å². The Morgan fingerprint density at radius 3 is 2.76 bits per heavy atom. The maximum Gasteiger partial charge on any atom is 0.329 e. The molecule has 6 heterocycles. The molecule has 5 aromatic rings. The summed E-state index contributed by atoms with van der Waals surface area (Å²) < 4.78 is 26.0. The standard InChI is InChI=1S/C27H27FN6O3/c1-32-12-19(25(28)31-32)23-21-15-5-3-14(4-6-15)9-17(35)13-37-18-8-7-16(10-18)34-24-20(33(2)27(34)36)11-29-26(30-23)22(21)24/h3-6,11-12,16-18,35H,7-10,13H2,1-2H3,(H,29,30)/t16?,17?,18-/m0/s1.